The van der Waals surface area contributed by atoms with Gasteiger partial charge in [-0.25, -0.2) is 4.79 Å². The molecule has 0 heterocycles. The van der Waals surface area contributed by atoms with Gasteiger partial charge in [-0.1, -0.05) is 68.1 Å². The SMILES string of the molecule is O=C(N[C@@H](Cc1ccc(O)cc1)C(=O)CC1CCCC1)OCc1ccccc1. The van der Waals surface area contributed by atoms with Crippen LogP contribution in [0.25, 0.3) is 0 Å². The first-order valence-electron chi connectivity index (χ1n) is 9.88. The summed E-state index contributed by atoms with van der Waals surface area (Å²) >= 11 is 0. The molecular formula is C23H27NO4. The molecule has 2 aromatic carbocycles. The highest BCUT2D eigenvalue weighted by molar-refractivity contribution is 5.87. The van der Waals surface area contributed by atoms with Crippen LogP contribution in [0.15, 0.2) is 54.6 Å². The largest absolute Gasteiger partial charge is 0.508 e. The van der Waals surface area contributed by atoms with E-state index in [-0.39, 0.29) is 18.1 Å². The van der Waals surface area contributed by atoms with Crippen LogP contribution in [0.4, 0.5) is 4.79 Å². The van der Waals surface area contributed by atoms with E-state index in [2.05, 4.69) is 5.32 Å². The van der Waals surface area contributed by atoms with Crippen LogP contribution in [0.2, 0.25) is 0 Å². The third-order valence-electron chi connectivity index (χ3n) is 5.23. The molecule has 0 radical (unpaired) electrons. The smallest absolute Gasteiger partial charge is 0.408 e. The minimum absolute atomic E-state index is 0.0386. The fraction of sp³-hybridized carbons (Fsp3) is 0.391. The lowest BCUT2D eigenvalue weighted by molar-refractivity contribution is -0.121. The van der Waals surface area contributed by atoms with Gasteiger partial charge in [-0.15, -0.1) is 0 Å². The van der Waals surface area contributed by atoms with Crippen molar-refractivity contribution in [1.82, 2.24) is 5.32 Å². The number of phenols is 1. The molecule has 0 bridgehead atoms. The molecule has 1 aliphatic carbocycles. The highest BCUT2D eigenvalue weighted by Gasteiger charge is 2.26. The van der Waals surface area contributed by atoms with Crippen molar-refractivity contribution in [3.8, 4) is 5.75 Å². The molecule has 5 heteroatoms. The second-order valence-electron chi connectivity index (χ2n) is 7.45. The average Bonchev–Trinajstić information content (AvgIpc) is 3.21. The standard InChI is InChI=1S/C23H27NO4/c25-20-12-10-18(11-13-20)14-21(22(26)15-17-6-4-5-7-17)24-23(27)28-16-19-8-2-1-3-9-19/h1-3,8-13,17,21,25H,4-7,14-16H2,(H,24,27)/t21-/m0/s1. The molecule has 1 atom stereocenters. The minimum atomic E-state index is -0.631. The maximum Gasteiger partial charge on any atom is 0.408 e. The van der Waals surface area contributed by atoms with E-state index in [0.717, 1.165) is 24.0 Å². The number of rotatable bonds is 8. The molecule has 0 spiro atoms. The molecule has 0 aromatic heterocycles. The molecule has 0 saturated heterocycles. The Morgan fingerprint density at radius 1 is 1.00 bits per heavy atom. The third-order valence-corrected chi connectivity index (χ3v) is 5.23. The van der Waals surface area contributed by atoms with Crippen molar-refractivity contribution >= 4 is 11.9 Å². The first kappa shape index (κ1) is 19.9. The van der Waals surface area contributed by atoms with Crippen molar-refractivity contribution in [3.63, 3.8) is 0 Å². The zero-order valence-corrected chi connectivity index (χ0v) is 16.0. The molecule has 28 heavy (non-hydrogen) atoms. The van der Waals surface area contributed by atoms with Crippen molar-refractivity contribution in [2.45, 2.75) is 51.2 Å². The number of ether oxygens (including phenoxy) is 1. The zero-order chi connectivity index (χ0) is 19.8. The third kappa shape index (κ3) is 6.12. The van der Waals surface area contributed by atoms with Crippen molar-refractivity contribution in [3.05, 3.63) is 65.7 Å². The lowest BCUT2D eigenvalue weighted by Crippen LogP contribution is -2.43. The van der Waals surface area contributed by atoms with E-state index in [0.29, 0.717) is 18.8 Å². The van der Waals surface area contributed by atoms with E-state index < -0.39 is 12.1 Å². The Balaban J connectivity index is 1.61. The van der Waals surface area contributed by atoms with Crippen LogP contribution in [-0.4, -0.2) is 23.0 Å². The molecule has 148 valence electrons. The summed E-state index contributed by atoms with van der Waals surface area (Å²) in [6.45, 7) is 0.162. The fourth-order valence-corrected chi connectivity index (χ4v) is 3.66. The fourth-order valence-electron chi connectivity index (χ4n) is 3.66. The monoisotopic (exact) mass is 381 g/mol. The first-order chi connectivity index (χ1) is 13.6. The summed E-state index contributed by atoms with van der Waals surface area (Å²) in [6.07, 6.45) is 4.79. The van der Waals surface area contributed by atoms with E-state index in [4.69, 9.17) is 4.74 Å². The highest BCUT2D eigenvalue weighted by atomic mass is 16.5. The molecular weight excluding hydrogens is 354 g/mol. The molecule has 1 aliphatic rings. The van der Waals surface area contributed by atoms with E-state index in [1.165, 1.54) is 12.8 Å². The van der Waals surface area contributed by atoms with Gasteiger partial charge in [0.15, 0.2) is 5.78 Å². The number of hydrogen-bond acceptors (Lipinski definition) is 4. The van der Waals surface area contributed by atoms with E-state index in [1.807, 2.05) is 30.3 Å². The van der Waals surface area contributed by atoms with Gasteiger partial charge in [0.25, 0.3) is 0 Å². The van der Waals surface area contributed by atoms with Gasteiger partial charge < -0.3 is 15.2 Å². The molecule has 1 amide bonds. The molecule has 0 unspecified atom stereocenters. The van der Waals surface area contributed by atoms with Crippen molar-refractivity contribution < 1.29 is 19.4 Å². The number of ketones is 1. The van der Waals surface area contributed by atoms with Gasteiger partial charge in [0.2, 0.25) is 0 Å². The number of aromatic hydroxyl groups is 1. The van der Waals surface area contributed by atoms with E-state index in [9.17, 15) is 14.7 Å². The summed E-state index contributed by atoms with van der Waals surface area (Å²) in [4.78, 5) is 25.1. The maximum atomic E-state index is 12.9. The van der Waals surface area contributed by atoms with E-state index in [1.54, 1.807) is 24.3 Å². The maximum absolute atomic E-state index is 12.9. The number of hydrogen-bond donors (Lipinski definition) is 2. The van der Waals surface area contributed by atoms with Gasteiger partial charge >= 0.3 is 6.09 Å². The zero-order valence-electron chi connectivity index (χ0n) is 16.0. The Morgan fingerprint density at radius 3 is 2.36 bits per heavy atom. The molecule has 3 rings (SSSR count). The Morgan fingerprint density at radius 2 is 1.68 bits per heavy atom. The summed E-state index contributed by atoms with van der Waals surface area (Å²) in [5, 5.41) is 12.2. The van der Waals surface area contributed by atoms with Gasteiger partial charge in [0.1, 0.15) is 12.4 Å². The number of carbonyl (C=O) groups excluding carboxylic acids is 2. The normalized spacial score (nSPS) is 15.1. The summed E-state index contributed by atoms with van der Waals surface area (Å²) < 4.78 is 5.29. The summed E-state index contributed by atoms with van der Waals surface area (Å²) in [5.41, 5.74) is 1.77. The quantitative estimate of drug-likeness (QED) is 0.711. The summed E-state index contributed by atoms with van der Waals surface area (Å²) in [7, 11) is 0. The van der Waals surface area contributed by atoms with Crippen LogP contribution >= 0.6 is 0 Å². The van der Waals surface area contributed by atoms with Crippen molar-refractivity contribution in [2.75, 3.05) is 0 Å². The van der Waals surface area contributed by atoms with E-state index >= 15 is 0 Å². The Bertz CT molecular complexity index is 767. The topological polar surface area (TPSA) is 75.6 Å². The van der Waals surface area contributed by atoms with Gasteiger partial charge in [0, 0.05) is 6.42 Å². The molecule has 5 nitrogen and oxygen atoms in total. The molecule has 0 aliphatic heterocycles. The number of phenolic OH excluding ortho intramolecular Hbond substituents is 1. The van der Waals surface area contributed by atoms with Crippen molar-refractivity contribution in [2.24, 2.45) is 5.92 Å². The van der Waals surface area contributed by atoms with Crippen LogP contribution in [0, 0.1) is 5.92 Å². The number of amides is 1. The molecule has 2 aromatic rings. The summed E-state index contributed by atoms with van der Waals surface area (Å²) in [5.74, 6) is 0.626. The van der Waals surface area contributed by atoms with Crippen molar-refractivity contribution in [1.29, 1.82) is 0 Å². The number of Topliss-reactive ketones (excluding diaryl/α,β-unsaturated/α-hetero) is 1. The van der Waals surface area contributed by atoms with Gasteiger partial charge in [-0.05, 0) is 35.6 Å². The molecule has 1 saturated carbocycles. The number of benzene rings is 2. The number of carbonyl (C=O) groups is 2. The van der Waals surface area contributed by atoms with Crippen LogP contribution in [-0.2, 0) is 22.6 Å². The van der Waals surface area contributed by atoms with Crippen LogP contribution in [0.1, 0.15) is 43.2 Å². The number of nitrogens with one attached hydrogen (secondary N) is 1. The highest BCUT2D eigenvalue weighted by Crippen LogP contribution is 2.28. The Hall–Kier alpha value is -2.82. The lowest BCUT2D eigenvalue weighted by Gasteiger charge is -2.19. The average molecular weight is 381 g/mol. The Labute approximate surface area is 165 Å². The van der Waals surface area contributed by atoms with Gasteiger partial charge in [-0.2, -0.15) is 0 Å². The Kier molecular flexibility index (Phi) is 7.06. The van der Waals surface area contributed by atoms with Crippen LogP contribution in [0.3, 0.4) is 0 Å². The molecule has 1 fully saturated rings. The van der Waals surface area contributed by atoms with Gasteiger partial charge in [0.05, 0.1) is 6.04 Å². The van der Waals surface area contributed by atoms with Crippen LogP contribution < -0.4 is 5.32 Å². The lowest BCUT2D eigenvalue weighted by atomic mass is 9.94. The first-order valence-corrected chi connectivity index (χ1v) is 9.88. The van der Waals surface area contributed by atoms with Gasteiger partial charge in [-0.3, -0.25) is 4.79 Å². The summed E-state index contributed by atoms with van der Waals surface area (Å²) in [6, 6.07) is 15.5. The predicted octanol–water partition coefficient (Wildman–Crippen LogP) is 4.38. The number of alkyl carbamates (subject to hydrolysis) is 1. The van der Waals surface area contributed by atoms with Crippen LogP contribution in [0.5, 0.6) is 5.75 Å². The second-order valence-corrected chi connectivity index (χ2v) is 7.45. The second kappa shape index (κ2) is 9.93. The molecule has 2 N–H and O–H groups in total. The minimum Gasteiger partial charge on any atom is -0.508 e. The predicted molar refractivity (Wildman–Crippen MR) is 107 cm³/mol.